The molecule has 1 N–H and O–H groups in total. The van der Waals surface area contributed by atoms with E-state index >= 15 is 0 Å². The van der Waals surface area contributed by atoms with Crippen LogP contribution in [0.15, 0.2) is 42.5 Å². The third-order valence-corrected chi connectivity index (χ3v) is 7.28. The van der Waals surface area contributed by atoms with Gasteiger partial charge in [0.25, 0.3) is 5.91 Å². The van der Waals surface area contributed by atoms with Crippen LogP contribution in [0.25, 0.3) is 10.9 Å². The second-order valence-electron chi connectivity index (χ2n) is 9.12. The molecule has 2 amide bonds. The van der Waals surface area contributed by atoms with Gasteiger partial charge in [0.05, 0.1) is 32.6 Å². The number of piperazine rings is 1. The zero-order valence-electron chi connectivity index (χ0n) is 20.6. The summed E-state index contributed by atoms with van der Waals surface area (Å²) in [6.07, 6.45) is 0. The summed E-state index contributed by atoms with van der Waals surface area (Å²) in [7, 11) is 3.22. The van der Waals surface area contributed by atoms with Crippen molar-refractivity contribution in [3.8, 4) is 11.5 Å². The highest BCUT2D eigenvalue weighted by Crippen LogP contribution is 2.50. The van der Waals surface area contributed by atoms with Gasteiger partial charge in [-0.25, -0.2) is 0 Å². The number of benzene rings is 2. The van der Waals surface area contributed by atoms with Gasteiger partial charge in [0.1, 0.15) is 0 Å². The quantitative estimate of drug-likeness (QED) is 0.565. The van der Waals surface area contributed by atoms with E-state index in [0.29, 0.717) is 37.8 Å². The summed E-state index contributed by atoms with van der Waals surface area (Å²) >= 11 is 0. The van der Waals surface area contributed by atoms with Crippen molar-refractivity contribution in [2.45, 2.75) is 25.3 Å². The van der Waals surface area contributed by atoms with E-state index in [1.807, 2.05) is 50.2 Å². The molecular weight excluding hydrogens is 446 g/mol. The summed E-state index contributed by atoms with van der Waals surface area (Å²) in [5.74, 6) is 0.924. The van der Waals surface area contributed by atoms with Crippen molar-refractivity contribution < 1.29 is 23.8 Å². The number of aromatic amines is 1. The van der Waals surface area contributed by atoms with Gasteiger partial charge in [0, 0.05) is 42.6 Å². The number of nitrogens with zero attached hydrogens (tertiary/aromatic N) is 2. The van der Waals surface area contributed by atoms with Crippen LogP contribution in [0.1, 0.15) is 36.6 Å². The molecule has 0 spiro atoms. The van der Waals surface area contributed by atoms with Gasteiger partial charge in [-0.2, -0.15) is 0 Å². The Hall–Kier alpha value is -3.52. The smallest absolute Gasteiger partial charge is 0.255 e. The van der Waals surface area contributed by atoms with Gasteiger partial charge in [0.2, 0.25) is 5.91 Å². The molecule has 35 heavy (non-hydrogen) atoms. The standard InChI is InChI=1S/C27H31N3O5/c1-5-35-24-17(10-8-12-21(24)34-4)19-15-30-22(31)16-29(13-14-33-3)26(32)27(30,2)25-23(19)18-9-6-7-11-20(18)28-25/h6-12,19,28H,5,13-16H2,1-4H3. The van der Waals surface area contributed by atoms with E-state index in [2.05, 4.69) is 11.1 Å². The molecule has 8 heteroatoms. The third kappa shape index (κ3) is 3.46. The Bertz CT molecular complexity index is 1290. The maximum absolute atomic E-state index is 13.9. The van der Waals surface area contributed by atoms with Crippen molar-refractivity contribution >= 4 is 22.7 Å². The molecule has 0 aliphatic carbocycles. The first-order valence-corrected chi connectivity index (χ1v) is 11.9. The highest BCUT2D eigenvalue weighted by molar-refractivity contribution is 6.01. The van der Waals surface area contributed by atoms with Gasteiger partial charge in [-0.05, 0) is 31.5 Å². The van der Waals surface area contributed by atoms with Gasteiger partial charge in [-0.15, -0.1) is 0 Å². The van der Waals surface area contributed by atoms with Crippen molar-refractivity contribution in [2.24, 2.45) is 0 Å². The number of methoxy groups -OCH3 is 2. The lowest BCUT2D eigenvalue weighted by molar-refractivity contribution is -0.166. The van der Waals surface area contributed by atoms with Crippen molar-refractivity contribution in [1.82, 2.24) is 14.8 Å². The molecule has 0 radical (unpaired) electrons. The molecule has 2 aromatic carbocycles. The summed E-state index contributed by atoms with van der Waals surface area (Å²) in [6.45, 7) is 5.41. The number of hydrogen-bond acceptors (Lipinski definition) is 5. The van der Waals surface area contributed by atoms with Gasteiger partial charge in [-0.1, -0.05) is 30.3 Å². The number of fused-ring (bicyclic) bond motifs is 5. The van der Waals surface area contributed by atoms with E-state index in [-0.39, 0.29) is 24.3 Å². The molecule has 184 valence electrons. The first kappa shape index (κ1) is 23.2. The zero-order valence-corrected chi connectivity index (χ0v) is 20.6. The highest BCUT2D eigenvalue weighted by Gasteiger charge is 2.56. The molecule has 5 rings (SSSR count). The molecule has 1 saturated heterocycles. The molecule has 2 unspecified atom stereocenters. The second kappa shape index (κ2) is 8.92. The fraction of sp³-hybridized carbons (Fsp3) is 0.407. The van der Waals surface area contributed by atoms with E-state index in [9.17, 15) is 9.59 Å². The Balaban J connectivity index is 1.74. The maximum Gasteiger partial charge on any atom is 0.255 e. The van der Waals surface area contributed by atoms with E-state index in [1.165, 1.54) is 0 Å². The summed E-state index contributed by atoms with van der Waals surface area (Å²) < 4.78 is 16.9. The number of carbonyl (C=O) groups excluding carboxylic acids is 2. The molecule has 2 aliphatic rings. The molecule has 3 heterocycles. The molecule has 2 atom stereocenters. The van der Waals surface area contributed by atoms with Crippen LogP contribution in [-0.2, 0) is 19.9 Å². The molecule has 0 bridgehead atoms. The third-order valence-electron chi connectivity index (χ3n) is 7.28. The van der Waals surface area contributed by atoms with Crippen LogP contribution in [0.3, 0.4) is 0 Å². The van der Waals surface area contributed by atoms with Gasteiger partial charge < -0.3 is 29.0 Å². The van der Waals surface area contributed by atoms with Crippen LogP contribution < -0.4 is 9.47 Å². The average Bonchev–Trinajstić information content (AvgIpc) is 3.27. The van der Waals surface area contributed by atoms with E-state index in [1.54, 1.807) is 24.0 Å². The first-order chi connectivity index (χ1) is 16.9. The minimum Gasteiger partial charge on any atom is -0.493 e. The summed E-state index contributed by atoms with van der Waals surface area (Å²) in [6, 6.07) is 13.9. The van der Waals surface area contributed by atoms with E-state index in [4.69, 9.17) is 14.2 Å². The topological polar surface area (TPSA) is 84.1 Å². The Labute approximate surface area is 204 Å². The number of amides is 2. The van der Waals surface area contributed by atoms with Gasteiger partial charge in [-0.3, -0.25) is 9.59 Å². The number of carbonyl (C=O) groups is 2. The first-order valence-electron chi connectivity index (χ1n) is 11.9. The Morgan fingerprint density at radius 2 is 1.91 bits per heavy atom. The van der Waals surface area contributed by atoms with Gasteiger partial charge >= 0.3 is 0 Å². The lowest BCUT2D eigenvalue weighted by atomic mass is 9.76. The van der Waals surface area contributed by atoms with Gasteiger partial charge in [0.15, 0.2) is 17.0 Å². The fourth-order valence-corrected chi connectivity index (χ4v) is 5.61. The zero-order chi connectivity index (χ0) is 24.7. The molecule has 0 saturated carbocycles. The van der Waals surface area contributed by atoms with Crippen LogP contribution in [0.5, 0.6) is 11.5 Å². The maximum atomic E-state index is 13.9. The summed E-state index contributed by atoms with van der Waals surface area (Å²) in [4.78, 5) is 34.3. The molecule has 3 aromatic rings. The minimum absolute atomic E-state index is 0.0382. The largest absolute Gasteiger partial charge is 0.493 e. The second-order valence-corrected chi connectivity index (χ2v) is 9.12. The number of hydrogen-bond donors (Lipinski definition) is 1. The SMILES string of the molecule is CCOc1c(OC)cccc1C1CN2C(=O)CN(CCOC)C(=O)C2(C)c2[nH]c3ccccc3c21. The summed E-state index contributed by atoms with van der Waals surface area (Å²) in [5.41, 5.74) is 2.49. The van der Waals surface area contributed by atoms with Crippen LogP contribution in [0, 0.1) is 0 Å². The number of H-pyrrole nitrogens is 1. The lowest BCUT2D eigenvalue weighted by Gasteiger charge is -2.51. The molecular formula is C27H31N3O5. The normalized spacial score (nSPS) is 21.8. The van der Waals surface area contributed by atoms with Crippen LogP contribution in [0.4, 0.5) is 0 Å². The monoisotopic (exact) mass is 477 g/mol. The summed E-state index contributed by atoms with van der Waals surface area (Å²) in [5, 5.41) is 1.04. The van der Waals surface area contributed by atoms with Crippen LogP contribution in [-0.4, -0.2) is 73.7 Å². The molecule has 1 aromatic heterocycles. The van der Waals surface area contributed by atoms with Crippen molar-refractivity contribution in [3.63, 3.8) is 0 Å². The molecule has 1 fully saturated rings. The number of aromatic nitrogens is 1. The van der Waals surface area contributed by atoms with Crippen molar-refractivity contribution in [1.29, 1.82) is 0 Å². The van der Waals surface area contributed by atoms with E-state index < -0.39 is 5.54 Å². The Morgan fingerprint density at radius 1 is 1.11 bits per heavy atom. The number of nitrogens with one attached hydrogen (secondary N) is 1. The van der Waals surface area contributed by atoms with Crippen molar-refractivity contribution in [2.75, 3.05) is 47.1 Å². The predicted molar refractivity (Wildman–Crippen MR) is 132 cm³/mol. The van der Waals surface area contributed by atoms with Crippen molar-refractivity contribution in [3.05, 3.63) is 59.3 Å². The Kier molecular flexibility index (Phi) is 5.92. The van der Waals surface area contributed by atoms with Crippen LogP contribution >= 0.6 is 0 Å². The number of para-hydroxylation sites is 2. The highest BCUT2D eigenvalue weighted by atomic mass is 16.5. The number of ether oxygens (including phenoxy) is 3. The average molecular weight is 478 g/mol. The molecule has 2 aliphatic heterocycles. The molecule has 8 nitrogen and oxygen atoms in total. The minimum atomic E-state index is -1.14. The Morgan fingerprint density at radius 3 is 2.66 bits per heavy atom. The van der Waals surface area contributed by atoms with E-state index in [0.717, 1.165) is 27.7 Å². The predicted octanol–water partition coefficient (Wildman–Crippen LogP) is 3.25. The lowest BCUT2D eigenvalue weighted by Crippen LogP contribution is -2.67. The van der Waals surface area contributed by atoms with Crippen LogP contribution in [0.2, 0.25) is 0 Å². The number of rotatable bonds is 7. The fourth-order valence-electron chi connectivity index (χ4n) is 5.61.